The minimum Gasteiger partial charge on any atom is -0.497 e. The van der Waals surface area contributed by atoms with E-state index in [1.54, 1.807) is 42.0 Å². The van der Waals surface area contributed by atoms with Crippen molar-refractivity contribution < 1.29 is 19.0 Å². The van der Waals surface area contributed by atoms with E-state index in [-0.39, 0.29) is 11.5 Å². The molecule has 0 aliphatic carbocycles. The zero-order chi connectivity index (χ0) is 23.7. The standard InChI is InChI=1S/C25H26N4O5/c1-3-7-29-24(31)19-15-21-22(34-13-12-33-21)16-20(19)26-25(29)28-10-8-27(9-11-28)23(30)17-5-4-6-18(14-17)32-2/h3-6,14-16H,1,7-13H2,2H3. The monoisotopic (exact) mass is 462 g/mol. The molecular weight excluding hydrogens is 436 g/mol. The largest absolute Gasteiger partial charge is 0.497 e. The van der Waals surface area contributed by atoms with Gasteiger partial charge < -0.3 is 24.0 Å². The summed E-state index contributed by atoms with van der Waals surface area (Å²) in [7, 11) is 1.58. The lowest BCUT2D eigenvalue weighted by atomic mass is 10.1. The molecule has 2 aliphatic rings. The van der Waals surface area contributed by atoms with Crippen LogP contribution in [-0.4, -0.2) is 66.9 Å². The fraction of sp³-hybridized carbons (Fsp3) is 0.320. The Kier molecular flexibility index (Phi) is 5.83. The second kappa shape index (κ2) is 9.09. The maximum Gasteiger partial charge on any atom is 0.263 e. The Morgan fingerprint density at radius 2 is 1.85 bits per heavy atom. The number of amides is 1. The first-order valence-electron chi connectivity index (χ1n) is 11.2. The number of hydrogen-bond donors (Lipinski definition) is 0. The fourth-order valence-corrected chi connectivity index (χ4v) is 4.33. The van der Waals surface area contributed by atoms with E-state index in [2.05, 4.69) is 6.58 Å². The van der Waals surface area contributed by atoms with Gasteiger partial charge >= 0.3 is 0 Å². The normalized spacial score (nSPS) is 15.3. The number of piperazine rings is 1. The highest BCUT2D eigenvalue weighted by Crippen LogP contribution is 2.33. The third kappa shape index (κ3) is 3.93. The predicted octanol–water partition coefficient (Wildman–Crippen LogP) is 2.32. The molecule has 5 rings (SSSR count). The Bertz CT molecular complexity index is 1310. The maximum absolute atomic E-state index is 13.4. The summed E-state index contributed by atoms with van der Waals surface area (Å²) < 4.78 is 18.2. The Balaban J connectivity index is 1.42. The van der Waals surface area contributed by atoms with Crippen molar-refractivity contribution in [1.82, 2.24) is 14.5 Å². The molecule has 0 unspecified atom stereocenters. The number of methoxy groups -OCH3 is 1. The van der Waals surface area contributed by atoms with Crippen LogP contribution in [-0.2, 0) is 6.54 Å². The van der Waals surface area contributed by atoms with E-state index in [1.165, 1.54) is 0 Å². The molecule has 1 fully saturated rings. The van der Waals surface area contributed by atoms with Gasteiger partial charge in [-0.15, -0.1) is 6.58 Å². The molecule has 1 amide bonds. The van der Waals surface area contributed by atoms with Crippen LogP contribution in [0.5, 0.6) is 17.2 Å². The van der Waals surface area contributed by atoms with Crippen molar-refractivity contribution in [3.05, 3.63) is 65.0 Å². The molecule has 1 saturated heterocycles. The molecule has 3 aromatic rings. The number of aromatic nitrogens is 2. The quantitative estimate of drug-likeness (QED) is 0.538. The van der Waals surface area contributed by atoms with Crippen LogP contribution in [0, 0.1) is 0 Å². The van der Waals surface area contributed by atoms with Gasteiger partial charge in [0.2, 0.25) is 5.95 Å². The smallest absolute Gasteiger partial charge is 0.263 e. The molecule has 1 aromatic heterocycles. The Morgan fingerprint density at radius 3 is 2.56 bits per heavy atom. The zero-order valence-corrected chi connectivity index (χ0v) is 19.0. The van der Waals surface area contributed by atoms with E-state index in [0.29, 0.717) is 85.6 Å². The van der Waals surface area contributed by atoms with Crippen LogP contribution >= 0.6 is 0 Å². The second-order valence-electron chi connectivity index (χ2n) is 8.14. The summed E-state index contributed by atoms with van der Waals surface area (Å²) in [5.74, 6) is 2.31. The topological polar surface area (TPSA) is 86.1 Å². The van der Waals surface area contributed by atoms with Crippen molar-refractivity contribution in [2.24, 2.45) is 0 Å². The molecule has 0 spiro atoms. The average molecular weight is 463 g/mol. The minimum absolute atomic E-state index is 0.0442. The van der Waals surface area contributed by atoms with Crippen molar-refractivity contribution in [3.63, 3.8) is 0 Å². The van der Waals surface area contributed by atoms with Gasteiger partial charge in [-0.2, -0.15) is 0 Å². The average Bonchev–Trinajstić information content (AvgIpc) is 2.89. The number of fused-ring (bicyclic) bond motifs is 2. The molecule has 3 heterocycles. The molecule has 176 valence electrons. The van der Waals surface area contributed by atoms with Gasteiger partial charge in [-0.3, -0.25) is 14.2 Å². The third-order valence-corrected chi connectivity index (χ3v) is 6.08. The molecule has 34 heavy (non-hydrogen) atoms. The first-order valence-corrected chi connectivity index (χ1v) is 11.2. The van der Waals surface area contributed by atoms with Gasteiger partial charge in [0.05, 0.1) is 18.0 Å². The van der Waals surface area contributed by atoms with Crippen LogP contribution in [0.3, 0.4) is 0 Å². The highest BCUT2D eigenvalue weighted by Gasteiger charge is 2.26. The lowest BCUT2D eigenvalue weighted by Gasteiger charge is -2.36. The predicted molar refractivity (Wildman–Crippen MR) is 128 cm³/mol. The van der Waals surface area contributed by atoms with E-state index in [9.17, 15) is 9.59 Å². The first kappa shape index (κ1) is 21.8. The van der Waals surface area contributed by atoms with E-state index in [0.717, 1.165) is 0 Å². The number of ether oxygens (including phenoxy) is 3. The van der Waals surface area contributed by atoms with Crippen molar-refractivity contribution in [2.75, 3.05) is 51.4 Å². The van der Waals surface area contributed by atoms with Crippen LogP contribution in [0.15, 0.2) is 53.8 Å². The number of nitrogens with zero attached hydrogens (tertiary/aromatic N) is 4. The summed E-state index contributed by atoms with van der Waals surface area (Å²) in [6.45, 7) is 7.17. The molecule has 0 N–H and O–H groups in total. The number of hydrogen-bond acceptors (Lipinski definition) is 7. The maximum atomic E-state index is 13.4. The molecule has 9 heteroatoms. The minimum atomic E-state index is -0.160. The fourth-order valence-electron chi connectivity index (χ4n) is 4.33. The van der Waals surface area contributed by atoms with Gasteiger partial charge in [-0.25, -0.2) is 4.98 Å². The van der Waals surface area contributed by atoms with Crippen LogP contribution < -0.4 is 24.7 Å². The molecule has 0 radical (unpaired) electrons. The summed E-state index contributed by atoms with van der Waals surface area (Å²) >= 11 is 0. The summed E-state index contributed by atoms with van der Waals surface area (Å²) in [5, 5.41) is 0.474. The van der Waals surface area contributed by atoms with Gasteiger partial charge in [-0.1, -0.05) is 12.1 Å². The summed E-state index contributed by atoms with van der Waals surface area (Å²) in [6, 6.07) is 10.6. The van der Waals surface area contributed by atoms with Crippen molar-refractivity contribution in [1.29, 1.82) is 0 Å². The first-order chi connectivity index (χ1) is 16.6. The number of anilines is 1. The van der Waals surface area contributed by atoms with E-state index in [1.807, 2.05) is 21.9 Å². The van der Waals surface area contributed by atoms with Gasteiger partial charge in [-0.05, 0) is 24.3 Å². The van der Waals surface area contributed by atoms with E-state index in [4.69, 9.17) is 19.2 Å². The highest BCUT2D eigenvalue weighted by atomic mass is 16.6. The highest BCUT2D eigenvalue weighted by molar-refractivity contribution is 5.94. The van der Waals surface area contributed by atoms with Gasteiger partial charge in [0, 0.05) is 44.4 Å². The Morgan fingerprint density at radius 1 is 1.12 bits per heavy atom. The SMILES string of the molecule is C=CCn1c(N2CCN(C(=O)c3cccc(OC)c3)CC2)nc2cc3c(cc2c1=O)OCCO3. The van der Waals surface area contributed by atoms with Crippen LogP contribution in [0.25, 0.3) is 10.9 Å². The summed E-state index contributed by atoms with van der Waals surface area (Å²) in [6.07, 6.45) is 1.68. The summed E-state index contributed by atoms with van der Waals surface area (Å²) in [4.78, 5) is 35.0. The lowest BCUT2D eigenvalue weighted by molar-refractivity contribution is 0.0745. The molecule has 0 atom stereocenters. The number of carbonyl (C=O) groups excluding carboxylic acids is 1. The second-order valence-corrected chi connectivity index (χ2v) is 8.14. The number of carbonyl (C=O) groups is 1. The van der Waals surface area contributed by atoms with E-state index >= 15 is 0 Å². The van der Waals surface area contributed by atoms with Crippen molar-refractivity contribution in [2.45, 2.75) is 6.54 Å². The molecule has 0 bridgehead atoms. The Labute approximate surface area is 196 Å². The van der Waals surface area contributed by atoms with Crippen molar-refractivity contribution in [3.8, 4) is 17.2 Å². The van der Waals surface area contributed by atoms with Gasteiger partial charge in [0.1, 0.15) is 19.0 Å². The molecular formula is C25H26N4O5. The lowest BCUT2D eigenvalue weighted by Crippen LogP contribution is -2.50. The molecule has 2 aliphatic heterocycles. The summed E-state index contributed by atoms with van der Waals surface area (Å²) in [5.41, 5.74) is 0.985. The Hall–Kier alpha value is -4.01. The number of benzene rings is 2. The van der Waals surface area contributed by atoms with Gasteiger partial charge in [0.15, 0.2) is 11.5 Å². The van der Waals surface area contributed by atoms with Gasteiger partial charge in [0.25, 0.3) is 11.5 Å². The van der Waals surface area contributed by atoms with Crippen LogP contribution in [0.1, 0.15) is 10.4 Å². The van der Waals surface area contributed by atoms with Crippen LogP contribution in [0.4, 0.5) is 5.95 Å². The van der Waals surface area contributed by atoms with Crippen molar-refractivity contribution >= 4 is 22.8 Å². The molecule has 0 saturated carbocycles. The number of rotatable bonds is 5. The zero-order valence-electron chi connectivity index (χ0n) is 19.0. The molecule has 2 aromatic carbocycles. The van der Waals surface area contributed by atoms with Crippen LogP contribution in [0.2, 0.25) is 0 Å². The third-order valence-electron chi connectivity index (χ3n) is 6.08. The van der Waals surface area contributed by atoms with E-state index < -0.39 is 0 Å². The molecule has 9 nitrogen and oxygen atoms in total. The number of allylic oxidation sites excluding steroid dienone is 1.